The second-order valence-electron chi connectivity index (χ2n) is 5.46. The molecule has 1 rings (SSSR count). The van der Waals surface area contributed by atoms with Gasteiger partial charge in [-0.15, -0.1) is 0 Å². The van der Waals surface area contributed by atoms with Crippen LogP contribution in [0.15, 0.2) is 24.3 Å². The lowest BCUT2D eigenvalue weighted by molar-refractivity contribution is -0.140. The van der Waals surface area contributed by atoms with Crippen LogP contribution in [0.2, 0.25) is 0 Å². The van der Waals surface area contributed by atoms with Crippen molar-refractivity contribution in [1.82, 2.24) is 0 Å². The molecule has 0 saturated heterocycles. The zero-order valence-electron chi connectivity index (χ0n) is 14.7. The summed E-state index contributed by atoms with van der Waals surface area (Å²) in [5, 5.41) is 2.87. The molecule has 0 aliphatic rings. The first kappa shape index (κ1) is 20.1. The maximum Gasteiger partial charge on any atom is 0.305 e. The number of nitrogens with one attached hydrogen (secondary N) is 1. The fourth-order valence-corrected chi connectivity index (χ4v) is 2.33. The minimum atomic E-state index is -0.403. The van der Waals surface area contributed by atoms with Crippen molar-refractivity contribution < 1.29 is 23.8 Å². The molecule has 0 radical (unpaired) electrons. The average molecular weight is 337 g/mol. The Balaban J connectivity index is 2.24. The molecule has 0 aliphatic heterocycles. The summed E-state index contributed by atoms with van der Waals surface area (Å²) in [6, 6.07) is 7.38. The monoisotopic (exact) mass is 337 g/mol. The van der Waals surface area contributed by atoms with E-state index >= 15 is 0 Å². The number of rotatable bonds is 11. The van der Waals surface area contributed by atoms with Crippen LogP contribution in [-0.4, -0.2) is 33.2 Å². The van der Waals surface area contributed by atoms with Crippen molar-refractivity contribution in [1.29, 1.82) is 0 Å². The Kier molecular flexibility index (Phi) is 9.72. The van der Waals surface area contributed by atoms with Crippen molar-refractivity contribution in [3.8, 4) is 0 Å². The lowest BCUT2D eigenvalue weighted by atomic mass is 10.1. The van der Waals surface area contributed by atoms with Crippen LogP contribution >= 0.6 is 0 Å². The molecule has 0 saturated carbocycles. The first-order chi connectivity index (χ1) is 11.6. The quantitative estimate of drug-likeness (QED) is 0.380. The Hall–Kier alpha value is -1.92. The molecule has 0 aliphatic carbocycles. The number of carbonyl (C=O) groups excluding carboxylic acids is 2. The SMILES string of the molecule is COC(=O)CCCCCCC(=O)Nc1ccc(C(OC)OC)cc1. The molecule has 0 fully saturated rings. The van der Waals surface area contributed by atoms with Crippen LogP contribution in [0.1, 0.15) is 50.4 Å². The third kappa shape index (κ3) is 7.57. The van der Waals surface area contributed by atoms with Gasteiger partial charge in [0.2, 0.25) is 5.91 Å². The van der Waals surface area contributed by atoms with Gasteiger partial charge in [0.1, 0.15) is 0 Å². The van der Waals surface area contributed by atoms with E-state index in [2.05, 4.69) is 10.1 Å². The maximum absolute atomic E-state index is 11.9. The van der Waals surface area contributed by atoms with E-state index in [0.717, 1.165) is 36.9 Å². The highest BCUT2D eigenvalue weighted by molar-refractivity contribution is 5.90. The Labute approximate surface area is 143 Å². The predicted octanol–water partition coefficient (Wildman–Crippen LogP) is 3.43. The number of hydrogen-bond acceptors (Lipinski definition) is 5. The Bertz CT molecular complexity index is 497. The summed E-state index contributed by atoms with van der Waals surface area (Å²) in [6.45, 7) is 0. The van der Waals surface area contributed by atoms with E-state index in [4.69, 9.17) is 9.47 Å². The first-order valence-electron chi connectivity index (χ1n) is 8.13. The van der Waals surface area contributed by atoms with Gasteiger partial charge in [0.25, 0.3) is 0 Å². The van der Waals surface area contributed by atoms with Crippen molar-refractivity contribution in [2.24, 2.45) is 0 Å². The number of hydrogen-bond donors (Lipinski definition) is 1. The molecule has 1 aromatic rings. The van der Waals surface area contributed by atoms with Gasteiger partial charge in [-0.1, -0.05) is 25.0 Å². The number of benzene rings is 1. The number of anilines is 1. The first-order valence-corrected chi connectivity index (χ1v) is 8.13. The molecule has 0 spiro atoms. The molecule has 134 valence electrons. The lowest BCUT2D eigenvalue weighted by Crippen LogP contribution is -2.11. The largest absolute Gasteiger partial charge is 0.469 e. The molecule has 6 heteroatoms. The van der Waals surface area contributed by atoms with Gasteiger partial charge in [-0.3, -0.25) is 9.59 Å². The molecule has 24 heavy (non-hydrogen) atoms. The molecule has 0 aromatic heterocycles. The van der Waals surface area contributed by atoms with Crippen molar-refractivity contribution in [2.45, 2.75) is 44.8 Å². The molecular formula is C18H27NO5. The molecule has 1 amide bonds. The highest BCUT2D eigenvalue weighted by atomic mass is 16.7. The van der Waals surface area contributed by atoms with E-state index in [1.807, 2.05) is 24.3 Å². The van der Waals surface area contributed by atoms with Gasteiger partial charge in [0.05, 0.1) is 7.11 Å². The van der Waals surface area contributed by atoms with Crippen LogP contribution in [0, 0.1) is 0 Å². The zero-order valence-corrected chi connectivity index (χ0v) is 14.7. The van der Waals surface area contributed by atoms with Gasteiger partial charge in [-0.25, -0.2) is 0 Å². The fraction of sp³-hybridized carbons (Fsp3) is 0.556. The molecule has 0 heterocycles. The second kappa shape index (κ2) is 11.6. The minimum absolute atomic E-state index is 0.00856. The summed E-state index contributed by atoms with van der Waals surface area (Å²) >= 11 is 0. The van der Waals surface area contributed by atoms with E-state index < -0.39 is 6.29 Å². The number of esters is 1. The number of unbranched alkanes of at least 4 members (excludes halogenated alkanes) is 3. The van der Waals surface area contributed by atoms with Gasteiger partial charge < -0.3 is 19.5 Å². The Morgan fingerprint density at radius 2 is 1.50 bits per heavy atom. The van der Waals surface area contributed by atoms with Crippen LogP contribution in [0.5, 0.6) is 0 Å². The third-order valence-corrected chi connectivity index (χ3v) is 3.66. The number of carbonyl (C=O) groups is 2. The predicted molar refractivity (Wildman–Crippen MR) is 91.5 cm³/mol. The minimum Gasteiger partial charge on any atom is -0.469 e. The molecule has 6 nitrogen and oxygen atoms in total. The molecule has 0 atom stereocenters. The van der Waals surface area contributed by atoms with Crippen LogP contribution < -0.4 is 5.32 Å². The lowest BCUT2D eigenvalue weighted by Gasteiger charge is -2.14. The van der Waals surface area contributed by atoms with Gasteiger partial charge in [0, 0.05) is 38.3 Å². The summed E-state index contributed by atoms with van der Waals surface area (Å²) < 4.78 is 14.9. The smallest absolute Gasteiger partial charge is 0.305 e. The maximum atomic E-state index is 11.9. The highest BCUT2D eigenvalue weighted by Gasteiger charge is 2.09. The zero-order chi connectivity index (χ0) is 17.8. The summed E-state index contributed by atoms with van der Waals surface area (Å²) in [6.07, 6.45) is 3.97. The Morgan fingerprint density at radius 1 is 0.917 bits per heavy atom. The Morgan fingerprint density at radius 3 is 2.04 bits per heavy atom. The van der Waals surface area contributed by atoms with Gasteiger partial charge in [-0.05, 0) is 25.0 Å². The van der Waals surface area contributed by atoms with Gasteiger partial charge >= 0.3 is 5.97 Å². The van der Waals surface area contributed by atoms with Crippen molar-refractivity contribution in [3.05, 3.63) is 29.8 Å². The summed E-state index contributed by atoms with van der Waals surface area (Å²) in [5.41, 5.74) is 1.64. The van der Waals surface area contributed by atoms with E-state index in [0.29, 0.717) is 12.8 Å². The number of methoxy groups -OCH3 is 3. The van der Waals surface area contributed by atoms with Crippen LogP contribution in [0.4, 0.5) is 5.69 Å². The van der Waals surface area contributed by atoms with Crippen LogP contribution in [0.25, 0.3) is 0 Å². The molecule has 1 N–H and O–H groups in total. The standard InChI is InChI=1S/C18H27NO5/c1-22-17(21)9-7-5-4-6-8-16(20)19-15-12-10-14(11-13-15)18(23-2)24-3/h10-13,18H,4-9H2,1-3H3,(H,19,20). The molecular weight excluding hydrogens is 310 g/mol. The van der Waals surface area contributed by atoms with Crippen LogP contribution in [0.3, 0.4) is 0 Å². The van der Waals surface area contributed by atoms with Crippen molar-refractivity contribution >= 4 is 17.6 Å². The fourth-order valence-electron chi connectivity index (χ4n) is 2.33. The van der Waals surface area contributed by atoms with Crippen molar-refractivity contribution in [2.75, 3.05) is 26.6 Å². The average Bonchev–Trinajstić information content (AvgIpc) is 2.60. The normalized spacial score (nSPS) is 10.7. The summed E-state index contributed by atoms with van der Waals surface area (Å²) in [4.78, 5) is 22.9. The molecule has 0 bridgehead atoms. The summed E-state index contributed by atoms with van der Waals surface area (Å²) in [7, 11) is 4.55. The van der Waals surface area contributed by atoms with E-state index in [9.17, 15) is 9.59 Å². The van der Waals surface area contributed by atoms with E-state index in [1.165, 1.54) is 7.11 Å². The van der Waals surface area contributed by atoms with Gasteiger partial charge in [0.15, 0.2) is 6.29 Å². The summed E-state index contributed by atoms with van der Waals surface area (Å²) in [5.74, 6) is -0.189. The number of amides is 1. The highest BCUT2D eigenvalue weighted by Crippen LogP contribution is 2.19. The molecule has 0 unspecified atom stereocenters. The van der Waals surface area contributed by atoms with Crippen molar-refractivity contribution in [3.63, 3.8) is 0 Å². The van der Waals surface area contributed by atoms with Gasteiger partial charge in [-0.2, -0.15) is 0 Å². The van der Waals surface area contributed by atoms with Crippen LogP contribution in [-0.2, 0) is 23.8 Å². The second-order valence-corrected chi connectivity index (χ2v) is 5.46. The number of ether oxygens (including phenoxy) is 3. The topological polar surface area (TPSA) is 73.9 Å². The van der Waals surface area contributed by atoms with E-state index in [1.54, 1.807) is 14.2 Å². The van der Waals surface area contributed by atoms with E-state index in [-0.39, 0.29) is 11.9 Å². The molecule has 1 aromatic carbocycles. The third-order valence-electron chi connectivity index (χ3n) is 3.66.